The van der Waals surface area contributed by atoms with Gasteiger partial charge in [-0.1, -0.05) is 33.1 Å². The van der Waals surface area contributed by atoms with Crippen LogP contribution in [0.2, 0.25) is 0 Å². The zero-order chi connectivity index (χ0) is 10.4. The van der Waals surface area contributed by atoms with Crippen molar-refractivity contribution in [1.82, 2.24) is 5.32 Å². The van der Waals surface area contributed by atoms with Crippen molar-refractivity contribution in [3.63, 3.8) is 0 Å². The van der Waals surface area contributed by atoms with E-state index in [4.69, 9.17) is 5.73 Å². The molecule has 3 N–H and O–H groups in total. The molecule has 0 saturated heterocycles. The molecule has 1 atom stereocenters. The summed E-state index contributed by atoms with van der Waals surface area (Å²) < 4.78 is 0. The standard InChI is InChI=1S/C12H26N2/c1-3-11(2)8-14-10-12(9-13)6-4-5-7-12/h11,14H,3-10,13H2,1-2H3. The van der Waals surface area contributed by atoms with Crippen molar-refractivity contribution in [3.8, 4) is 0 Å². The van der Waals surface area contributed by atoms with Gasteiger partial charge in [-0.15, -0.1) is 0 Å². The summed E-state index contributed by atoms with van der Waals surface area (Å²) in [6.07, 6.45) is 6.68. The number of nitrogens with one attached hydrogen (secondary N) is 1. The molecule has 0 aliphatic heterocycles. The molecule has 0 aromatic heterocycles. The van der Waals surface area contributed by atoms with E-state index < -0.39 is 0 Å². The Labute approximate surface area is 88.6 Å². The van der Waals surface area contributed by atoms with Crippen LogP contribution in [0.3, 0.4) is 0 Å². The molecule has 1 saturated carbocycles. The Bertz CT molecular complexity index is 150. The van der Waals surface area contributed by atoms with E-state index in [1.54, 1.807) is 0 Å². The fraction of sp³-hybridized carbons (Fsp3) is 1.00. The van der Waals surface area contributed by atoms with Crippen LogP contribution in [0, 0.1) is 11.3 Å². The molecule has 1 fully saturated rings. The van der Waals surface area contributed by atoms with Crippen molar-refractivity contribution in [3.05, 3.63) is 0 Å². The summed E-state index contributed by atoms with van der Waals surface area (Å²) in [4.78, 5) is 0. The van der Waals surface area contributed by atoms with Gasteiger partial charge >= 0.3 is 0 Å². The molecule has 1 rings (SSSR count). The molecule has 0 aromatic rings. The largest absolute Gasteiger partial charge is 0.330 e. The predicted molar refractivity (Wildman–Crippen MR) is 62.3 cm³/mol. The number of hydrogen-bond acceptors (Lipinski definition) is 2. The Morgan fingerprint density at radius 2 is 2.00 bits per heavy atom. The molecular weight excluding hydrogens is 172 g/mol. The minimum Gasteiger partial charge on any atom is -0.330 e. The average Bonchev–Trinajstić information content (AvgIpc) is 2.67. The quantitative estimate of drug-likeness (QED) is 0.686. The van der Waals surface area contributed by atoms with Gasteiger partial charge in [0.05, 0.1) is 0 Å². The highest BCUT2D eigenvalue weighted by Crippen LogP contribution is 2.36. The lowest BCUT2D eigenvalue weighted by molar-refractivity contribution is 0.283. The van der Waals surface area contributed by atoms with Crippen LogP contribution in [0.5, 0.6) is 0 Å². The van der Waals surface area contributed by atoms with Gasteiger partial charge in [0, 0.05) is 6.54 Å². The summed E-state index contributed by atoms with van der Waals surface area (Å²) >= 11 is 0. The molecule has 0 spiro atoms. The maximum atomic E-state index is 5.88. The van der Waals surface area contributed by atoms with E-state index in [0.717, 1.165) is 25.6 Å². The number of rotatable bonds is 6. The minimum atomic E-state index is 0.438. The molecule has 0 bridgehead atoms. The molecule has 0 heterocycles. The second-order valence-corrected chi connectivity index (χ2v) is 5.06. The lowest BCUT2D eigenvalue weighted by Crippen LogP contribution is -2.39. The van der Waals surface area contributed by atoms with E-state index in [1.807, 2.05) is 0 Å². The van der Waals surface area contributed by atoms with Crippen molar-refractivity contribution < 1.29 is 0 Å². The third-order valence-corrected chi connectivity index (χ3v) is 3.79. The molecule has 1 aliphatic rings. The number of nitrogens with two attached hydrogens (primary N) is 1. The van der Waals surface area contributed by atoms with Crippen LogP contribution < -0.4 is 11.1 Å². The highest BCUT2D eigenvalue weighted by atomic mass is 14.9. The smallest absolute Gasteiger partial charge is 0.00200 e. The monoisotopic (exact) mass is 198 g/mol. The molecule has 14 heavy (non-hydrogen) atoms. The fourth-order valence-electron chi connectivity index (χ4n) is 2.31. The van der Waals surface area contributed by atoms with Gasteiger partial charge in [-0.2, -0.15) is 0 Å². The van der Waals surface area contributed by atoms with Gasteiger partial charge in [0.2, 0.25) is 0 Å². The van der Waals surface area contributed by atoms with Crippen molar-refractivity contribution in [2.75, 3.05) is 19.6 Å². The molecule has 0 radical (unpaired) electrons. The van der Waals surface area contributed by atoms with Crippen LogP contribution in [0.4, 0.5) is 0 Å². The van der Waals surface area contributed by atoms with Gasteiger partial charge in [0.1, 0.15) is 0 Å². The summed E-state index contributed by atoms with van der Waals surface area (Å²) in [6, 6.07) is 0. The molecule has 2 heteroatoms. The summed E-state index contributed by atoms with van der Waals surface area (Å²) in [5.41, 5.74) is 6.32. The van der Waals surface area contributed by atoms with E-state index in [2.05, 4.69) is 19.2 Å². The van der Waals surface area contributed by atoms with Crippen molar-refractivity contribution in [2.45, 2.75) is 46.0 Å². The maximum absolute atomic E-state index is 5.88. The summed E-state index contributed by atoms with van der Waals surface area (Å²) in [5, 5.41) is 3.59. The lowest BCUT2D eigenvalue weighted by atomic mass is 9.86. The van der Waals surface area contributed by atoms with Gasteiger partial charge in [-0.05, 0) is 37.3 Å². The van der Waals surface area contributed by atoms with Gasteiger partial charge < -0.3 is 11.1 Å². The van der Waals surface area contributed by atoms with Crippen molar-refractivity contribution in [2.24, 2.45) is 17.1 Å². The minimum absolute atomic E-state index is 0.438. The molecule has 2 nitrogen and oxygen atoms in total. The normalized spacial score (nSPS) is 22.5. The Morgan fingerprint density at radius 3 is 2.50 bits per heavy atom. The predicted octanol–water partition coefficient (Wildman–Crippen LogP) is 2.14. The first kappa shape index (κ1) is 12.0. The summed E-state index contributed by atoms with van der Waals surface area (Å²) in [6.45, 7) is 7.70. The van der Waals surface area contributed by atoms with E-state index in [1.165, 1.54) is 32.1 Å². The van der Waals surface area contributed by atoms with E-state index >= 15 is 0 Å². The van der Waals surface area contributed by atoms with Crippen LogP contribution in [-0.2, 0) is 0 Å². The molecule has 1 aliphatic carbocycles. The summed E-state index contributed by atoms with van der Waals surface area (Å²) in [7, 11) is 0. The van der Waals surface area contributed by atoms with Gasteiger partial charge in [0.25, 0.3) is 0 Å². The Balaban J connectivity index is 2.21. The van der Waals surface area contributed by atoms with Crippen LogP contribution in [0.1, 0.15) is 46.0 Å². The highest BCUT2D eigenvalue weighted by molar-refractivity contribution is 4.87. The number of hydrogen-bond donors (Lipinski definition) is 2. The topological polar surface area (TPSA) is 38.0 Å². The van der Waals surface area contributed by atoms with Crippen LogP contribution in [-0.4, -0.2) is 19.6 Å². The maximum Gasteiger partial charge on any atom is 0.00200 e. The Morgan fingerprint density at radius 1 is 1.36 bits per heavy atom. The van der Waals surface area contributed by atoms with Gasteiger partial charge in [-0.25, -0.2) is 0 Å². The SMILES string of the molecule is CCC(C)CNCC1(CN)CCCC1. The van der Waals surface area contributed by atoms with E-state index in [9.17, 15) is 0 Å². The second kappa shape index (κ2) is 5.72. The second-order valence-electron chi connectivity index (χ2n) is 5.06. The molecule has 84 valence electrons. The highest BCUT2D eigenvalue weighted by Gasteiger charge is 2.31. The fourth-order valence-corrected chi connectivity index (χ4v) is 2.31. The van der Waals surface area contributed by atoms with Gasteiger partial charge in [-0.3, -0.25) is 0 Å². The zero-order valence-corrected chi connectivity index (χ0v) is 9.81. The van der Waals surface area contributed by atoms with E-state index in [-0.39, 0.29) is 0 Å². The first-order chi connectivity index (χ1) is 6.72. The molecule has 0 aromatic carbocycles. The summed E-state index contributed by atoms with van der Waals surface area (Å²) in [5.74, 6) is 0.797. The third kappa shape index (κ3) is 3.25. The van der Waals surface area contributed by atoms with Crippen LogP contribution in [0.15, 0.2) is 0 Å². The first-order valence-electron chi connectivity index (χ1n) is 6.13. The molecule has 0 amide bonds. The molecule has 1 unspecified atom stereocenters. The lowest BCUT2D eigenvalue weighted by Gasteiger charge is -2.28. The van der Waals surface area contributed by atoms with E-state index in [0.29, 0.717) is 5.41 Å². The van der Waals surface area contributed by atoms with Crippen LogP contribution in [0.25, 0.3) is 0 Å². The third-order valence-electron chi connectivity index (χ3n) is 3.79. The van der Waals surface area contributed by atoms with Crippen LogP contribution >= 0.6 is 0 Å². The van der Waals surface area contributed by atoms with Crippen molar-refractivity contribution >= 4 is 0 Å². The van der Waals surface area contributed by atoms with Crippen molar-refractivity contribution in [1.29, 1.82) is 0 Å². The van der Waals surface area contributed by atoms with Gasteiger partial charge in [0.15, 0.2) is 0 Å². The first-order valence-corrected chi connectivity index (χ1v) is 6.13. The average molecular weight is 198 g/mol. The zero-order valence-electron chi connectivity index (χ0n) is 9.81. The Kier molecular flexibility index (Phi) is 4.90. The Hall–Kier alpha value is -0.0800. The molecular formula is C12H26N2.